The van der Waals surface area contributed by atoms with E-state index in [4.69, 9.17) is 10.5 Å². The Morgan fingerprint density at radius 2 is 1.80 bits per heavy atom. The Kier molecular flexibility index (Phi) is 5.58. The molecule has 152 valence electrons. The van der Waals surface area contributed by atoms with Crippen LogP contribution in [0, 0.1) is 17.2 Å². The number of carbonyl (C=O) groups is 2. The standard InChI is InChI=1S/C22H18BrN3O3S/c1-2-29-15-9-3-12(4-10-15)17-16(11-24)20(25)30-19-18(17)21(27)26(22(19)28)14-7-5-13(23)6-8-14/h3-10,17-19H,2,25H2,1H3/t17-,18+,19-/m0/s1. The van der Waals surface area contributed by atoms with Crippen LogP contribution in [-0.4, -0.2) is 23.7 Å². The second kappa shape index (κ2) is 8.17. The number of nitrogens with two attached hydrogens (primary N) is 1. The van der Waals surface area contributed by atoms with Crippen LogP contribution in [0.25, 0.3) is 0 Å². The normalized spacial score (nSPS) is 23.4. The number of rotatable bonds is 4. The molecule has 3 atom stereocenters. The van der Waals surface area contributed by atoms with Gasteiger partial charge in [0.15, 0.2) is 0 Å². The molecule has 30 heavy (non-hydrogen) atoms. The summed E-state index contributed by atoms with van der Waals surface area (Å²) in [7, 11) is 0. The Morgan fingerprint density at radius 1 is 1.13 bits per heavy atom. The molecular formula is C22H18BrN3O3S. The zero-order valence-corrected chi connectivity index (χ0v) is 18.4. The minimum absolute atomic E-state index is 0.288. The molecule has 2 aromatic carbocycles. The van der Waals surface area contributed by atoms with Gasteiger partial charge in [-0.1, -0.05) is 39.8 Å². The largest absolute Gasteiger partial charge is 0.494 e. The van der Waals surface area contributed by atoms with E-state index in [-0.39, 0.29) is 16.8 Å². The molecule has 0 aliphatic carbocycles. The molecule has 2 aliphatic rings. The number of nitrogens with zero attached hydrogens (tertiary/aromatic N) is 2. The number of anilines is 1. The quantitative estimate of drug-likeness (QED) is 0.661. The average molecular weight is 484 g/mol. The predicted molar refractivity (Wildman–Crippen MR) is 119 cm³/mol. The summed E-state index contributed by atoms with van der Waals surface area (Å²) in [5.74, 6) is -1.23. The van der Waals surface area contributed by atoms with Crippen molar-refractivity contribution in [3.05, 3.63) is 69.2 Å². The molecule has 0 unspecified atom stereocenters. The number of thioether (sulfide) groups is 1. The fraction of sp³-hybridized carbons (Fsp3) is 0.227. The van der Waals surface area contributed by atoms with Gasteiger partial charge in [-0.25, -0.2) is 4.90 Å². The summed E-state index contributed by atoms with van der Waals surface area (Å²) < 4.78 is 6.34. The molecule has 0 saturated carbocycles. The number of ether oxygens (including phenoxy) is 1. The van der Waals surface area contributed by atoms with E-state index in [1.165, 1.54) is 4.90 Å². The van der Waals surface area contributed by atoms with E-state index in [1.54, 1.807) is 36.4 Å². The number of hydrogen-bond donors (Lipinski definition) is 1. The Labute approximate surface area is 186 Å². The summed E-state index contributed by atoms with van der Waals surface area (Å²) >= 11 is 4.47. The van der Waals surface area contributed by atoms with Crippen molar-refractivity contribution in [1.82, 2.24) is 0 Å². The van der Waals surface area contributed by atoms with Crippen LogP contribution in [0.2, 0.25) is 0 Å². The Bertz CT molecular complexity index is 1080. The van der Waals surface area contributed by atoms with Gasteiger partial charge in [0.25, 0.3) is 0 Å². The number of imide groups is 1. The molecule has 2 heterocycles. The van der Waals surface area contributed by atoms with Crippen molar-refractivity contribution in [1.29, 1.82) is 5.26 Å². The molecule has 0 radical (unpaired) electrons. The molecule has 4 rings (SSSR count). The van der Waals surface area contributed by atoms with Crippen molar-refractivity contribution in [2.45, 2.75) is 18.1 Å². The number of allylic oxidation sites excluding steroid dienone is 1. The fourth-order valence-electron chi connectivity index (χ4n) is 3.92. The number of benzene rings is 2. The lowest BCUT2D eigenvalue weighted by atomic mass is 9.79. The second-order valence-electron chi connectivity index (χ2n) is 6.92. The van der Waals surface area contributed by atoms with Gasteiger partial charge in [0, 0.05) is 10.4 Å². The van der Waals surface area contributed by atoms with Crippen LogP contribution in [0.1, 0.15) is 18.4 Å². The molecule has 1 saturated heterocycles. The van der Waals surface area contributed by atoms with Gasteiger partial charge in [-0.15, -0.1) is 0 Å². The van der Waals surface area contributed by atoms with E-state index in [2.05, 4.69) is 22.0 Å². The predicted octanol–water partition coefficient (Wildman–Crippen LogP) is 3.93. The number of nitriles is 1. The molecule has 1 fully saturated rings. The van der Waals surface area contributed by atoms with Crippen molar-refractivity contribution >= 4 is 45.2 Å². The first-order chi connectivity index (χ1) is 14.5. The van der Waals surface area contributed by atoms with Gasteiger partial charge in [0.2, 0.25) is 11.8 Å². The number of halogens is 1. The van der Waals surface area contributed by atoms with Gasteiger partial charge in [-0.3, -0.25) is 9.59 Å². The first-order valence-corrected chi connectivity index (χ1v) is 11.1. The van der Waals surface area contributed by atoms with Crippen molar-refractivity contribution in [3.8, 4) is 11.8 Å². The Balaban J connectivity index is 1.77. The molecule has 2 amide bonds. The monoisotopic (exact) mass is 483 g/mol. The minimum Gasteiger partial charge on any atom is -0.494 e. The maximum Gasteiger partial charge on any atom is 0.248 e. The lowest BCUT2D eigenvalue weighted by molar-refractivity contribution is -0.122. The van der Waals surface area contributed by atoms with E-state index >= 15 is 0 Å². The third-order valence-electron chi connectivity index (χ3n) is 5.24. The van der Waals surface area contributed by atoms with Crippen LogP contribution in [0.3, 0.4) is 0 Å². The van der Waals surface area contributed by atoms with E-state index in [1.807, 2.05) is 19.1 Å². The SMILES string of the molecule is CCOc1ccc([C@H]2C(C#N)=C(N)S[C@@H]3C(=O)N(c4ccc(Br)cc4)C(=O)[C@@H]32)cc1. The van der Waals surface area contributed by atoms with Crippen molar-refractivity contribution < 1.29 is 14.3 Å². The Morgan fingerprint density at radius 3 is 2.40 bits per heavy atom. The zero-order valence-electron chi connectivity index (χ0n) is 16.0. The lowest BCUT2D eigenvalue weighted by Crippen LogP contribution is -2.33. The van der Waals surface area contributed by atoms with Gasteiger partial charge in [-0.2, -0.15) is 5.26 Å². The molecule has 8 heteroatoms. The number of hydrogen-bond acceptors (Lipinski definition) is 6. The first kappa shape index (κ1) is 20.5. The smallest absolute Gasteiger partial charge is 0.248 e. The van der Waals surface area contributed by atoms with E-state index < -0.39 is 17.1 Å². The molecule has 2 N–H and O–H groups in total. The number of amides is 2. The summed E-state index contributed by atoms with van der Waals surface area (Å²) in [5.41, 5.74) is 7.75. The van der Waals surface area contributed by atoms with Gasteiger partial charge >= 0.3 is 0 Å². The van der Waals surface area contributed by atoms with Gasteiger partial charge in [0.05, 0.1) is 34.9 Å². The van der Waals surface area contributed by atoms with Gasteiger partial charge in [-0.05, 0) is 48.9 Å². The molecule has 2 aliphatic heterocycles. The summed E-state index contributed by atoms with van der Waals surface area (Å²) in [4.78, 5) is 27.8. The Hall–Kier alpha value is -2.76. The summed E-state index contributed by atoms with van der Waals surface area (Å²) in [5, 5.41) is 9.39. The van der Waals surface area contributed by atoms with Crippen LogP contribution in [0.4, 0.5) is 5.69 Å². The van der Waals surface area contributed by atoms with Crippen LogP contribution >= 0.6 is 27.7 Å². The van der Waals surface area contributed by atoms with Crippen LogP contribution in [0.5, 0.6) is 5.75 Å². The third kappa shape index (κ3) is 3.38. The topological polar surface area (TPSA) is 96.4 Å². The van der Waals surface area contributed by atoms with Gasteiger partial charge < -0.3 is 10.5 Å². The van der Waals surface area contributed by atoms with Crippen molar-refractivity contribution in [2.24, 2.45) is 11.7 Å². The second-order valence-corrected chi connectivity index (χ2v) is 9.02. The van der Waals surface area contributed by atoms with E-state index in [9.17, 15) is 14.9 Å². The minimum atomic E-state index is -0.703. The van der Waals surface area contributed by atoms with Gasteiger partial charge in [0.1, 0.15) is 11.0 Å². The molecule has 6 nitrogen and oxygen atoms in total. The maximum absolute atomic E-state index is 13.4. The number of fused-ring (bicyclic) bond motifs is 1. The summed E-state index contributed by atoms with van der Waals surface area (Å²) in [6.07, 6.45) is 0. The van der Waals surface area contributed by atoms with Crippen molar-refractivity contribution in [3.63, 3.8) is 0 Å². The van der Waals surface area contributed by atoms with E-state index in [0.717, 1.165) is 21.8 Å². The van der Waals surface area contributed by atoms with Crippen LogP contribution in [-0.2, 0) is 9.59 Å². The highest BCUT2D eigenvalue weighted by molar-refractivity contribution is 9.10. The maximum atomic E-state index is 13.4. The molecule has 2 aromatic rings. The zero-order chi connectivity index (χ0) is 21.4. The highest BCUT2D eigenvalue weighted by atomic mass is 79.9. The highest BCUT2D eigenvalue weighted by Gasteiger charge is 2.56. The van der Waals surface area contributed by atoms with Crippen LogP contribution in [0.15, 0.2) is 63.6 Å². The molecular weight excluding hydrogens is 466 g/mol. The highest BCUT2D eigenvalue weighted by Crippen LogP contribution is 2.50. The summed E-state index contributed by atoms with van der Waals surface area (Å²) in [6, 6.07) is 16.4. The van der Waals surface area contributed by atoms with Crippen molar-refractivity contribution in [2.75, 3.05) is 11.5 Å². The van der Waals surface area contributed by atoms with E-state index in [0.29, 0.717) is 23.6 Å². The van der Waals surface area contributed by atoms with Crippen LogP contribution < -0.4 is 15.4 Å². The lowest BCUT2D eigenvalue weighted by Gasteiger charge is -2.30. The molecule has 0 bridgehead atoms. The average Bonchev–Trinajstić information content (AvgIpc) is 2.98. The third-order valence-corrected chi connectivity index (χ3v) is 6.99. The molecule has 0 spiro atoms. The molecule has 0 aromatic heterocycles. The summed E-state index contributed by atoms with van der Waals surface area (Å²) in [6.45, 7) is 2.43. The first-order valence-electron chi connectivity index (χ1n) is 9.38. The fourth-order valence-corrected chi connectivity index (χ4v) is 5.39. The number of carbonyl (C=O) groups excluding carboxylic acids is 2.